The van der Waals surface area contributed by atoms with Crippen LogP contribution in [0.15, 0.2) is 109 Å². The van der Waals surface area contributed by atoms with Crippen molar-refractivity contribution in [2.24, 2.45) is 0 Å². The number of pyridine rings is 2. The maximum absolute atomic E-state index is 5.46. The van der Waals surface area contributed by atoms with Crippen molar-refractivity contribution in [2.45, 2.75) is 71.5 Å². The molecule has 54 heavy (non-hydrogen) atoms. The number of rotatable bonds is 0. The van der Waals surface area contributed by atoms with E-state index in [1.165, 1.54) is 65.1 Å². The van der Waals surface area contributed by atoms with Crippen molar-refractivity contribution in [3.63, 3.8) is 0 Å². The summed E-state index contributed by atoms with van der Waals surface area (Å²) in [5, 5.41) is 12.8. The Balaban J connectivity index is 1.40. The van der Waals surface area contributed by atoms with Crippen molar-refractivity contribution in [1.29, 1.82) is 0 Å². The SMILES string of the molecule is C[Si]1(C)Cc2ccc(cc2)-n2c3ccc4cc3c3cc(cnc32)[Si](C)(C)[Si](C)(C)c2cnc3c(c2)c2cc(ccc2n3-c2ccc1cc2)[Si](C)(C)[Si]4(C)C. The quantitative estimate of drug-likeness (QED) is 0.145. The van der Waals surface area contributed by atoms with Gasteiger partial charge < -0.3 is 0 Å². The Kier molecular flexibility index (Phi) is 7.00. The van der Waals surface area contributed by atoms with Gasteiger partial charge in [0.15, 0.2) is 0 Å². The van der Waals surface area contributed by atoms with Gasteiger partial charge in [0.05, 0.1) is 49.5 Å². The molecular weight excluding hydrogens is 737 g/mol. The molecule has 0 fully saturated rings. The van der Waals surface area contributed by atoms with E-state index in [0.717, 1.165) is 17.3 Å². The van der Waals surface area contributed by atoms with Crippen LogP contribution in [0.25, 0.3) is 55.2 Å². The molecule has 8 aromatic rings. The monoisotopic (exact) mass is 786 g/mol. The fourth-order valence-corrected chi connectivity index (χ4v) is 29.3. The van der Waals surface area contributed by atoms with Gasteiger partial charge in [-0.05, 0) is 52.8 Å². The van der Waals surface area contributed by atoms with Crippen LogP contribution in [-0.4, -0.2) is 57.5 Å². The lowest BCUT2D eigenvalue weighted by molar-refractivity contribution is 1.13. The van der Waals surface area contributed by atoms with Crippen LogP contribution in [0.3, 0.4) is 0 Å². The van der Waals surface area contributed by atoms with Gasteiger partial charge in [-0.3, -0.25) is 9.13 Å². The summed E-state index contributed by atoms with van der Waals surface area (Å²) in [6.45, 7) is 25.9. The van der Waals surface area contributed by atoms with Gasteiger partial charge in [0.25, 0.3) is 0 Å². The van der Waals surface area contributed by atoms with Crippen LogP contribution in [-0.2, 0) is 6.04 Å². The summed E-state index contributed by atoms with van der Waals surface area (Å²) in [5.74, 6) is 0. The summed E-state index contributed by atoms with van der Waals surface area (Å²) < 4.78 is 4.89. The third-order valence-electron chi connectivity index (χ3n) is 15.0. The second-order valence-electron chi connectivity index (χ2n) is 19.1. The van der Waals surface area contributed by atoms with Crippen LogP contribution < -0.4 is 25.9 Å². The molecule has 0 amide bonds. The first-order chi connectivity index (χ1) is 25.5. The van der Waals surface area contributed by atoms with E-state index in [0.29, 0.717) is 0 Å². The van der Waals surface area contributed by atoms with E-state index in [1.807, 2.05) is 0 Å². The van der Waals surface area contributed by atoms with Crippen molar-refractivity contribution >= 4 is 108 Å². The lowest BCUT2D eigenvalue weighted by Crippen LogP contribution is -2.69. The van der Waals surface area contributed by atoms with E-state index in [9.17, 15) is 0 Å². The van der Waals surface area contributed by atoms with Crippen molar-refractivity contribution in [3.8, 4) is 11.4 Å². The molecule has 0 spiro atoms. The number of nitrogens with zero attached hydrogens (tertiary/aromatic N) is 4. The topological polar surface area (TPSA) is 35.6 Å². The highest BCUT2D eigenvalue weighted by atomic mass is 29.3. The van der Waals surface area contributed by atoms with E-state index in [-0.39, 0.29) is 0 Å². The Morgan fingerprint density at radius 2 is 0.778 bits per heavy atom. The first-order valence-electron chi connectivity index (χ1n) is 19.6. The standard InChI is InChI=1S/C45H50N4Si5/c1-50(2)29-30-11-13-31(14-12-30)48-42-21-19-34-23-38(42)40-25-36(27-46-44(40)48)53(7,8)54(9,10)37-26-41-39-24-35(52(5,6)51(34,3)4)20-22-43(39)49(45(41)47-28-37)32-15-17-33(50)18-16-32/h11-28H,29H2,1-10H3. The van der Waals surface area contributed by atoms with Crippen LogP contribution in [0.4, 0.5) is 0 Å². The zero-order valence-electron chi connectivity index (χ0n) is 33.4. The minimum absolute atomic E-state index is 1.07. The number of benzene rings is 4. The Bertz CT molecular complexity index is 2740. The first kappa shape index (κ1) is 34.4. The largest absolute Gasteiger partial charge is 0.294 e. The minimum Gasteiger partial charge on any atom is -0.294 e. The lowest BCUT2D eigenvalue weighted by Gasteiger charge is -2.39. The first-order valence-corrected chi connectivity index (χ1v) is 36.8. The summed E-state index contributed by atoms with van der Waals surface area (Å²) in [4.78, 5) is 10.9. The highest BCUT2D eigenvalue weighted by Gasteiger charge is 2.46. The van der Waals surface area contributed by atoms with Gasteiger partial charge in [0, 0.05) is 45.3 Å². The summed E-state index contributed by atoms with van der Waals surface area (Å²) in [6, 6.07) is 40.2. The van der Waals surface area contributed by atoms with E-state index in [1.54, 1.807) is 10.4 Å². The molecule has 0 N–H and O–H groups in total. The molecular formula is C45H50N4Si5. The molecule has 0 unspecified atom stereocenters. The van der Waals surface area contributed by atoms with Crippen molar-refractivity contribution < 1.29 is 0 Å². The zero-order chi connectivity index (χ0) is 37.7. The second kappa shape index (κ2) is 11.0. The maximum Gasteiger partial charge on any atom is 0.145 e. The van der Waals surface area contributed by atoms with Gasteiger partial charge >= 0.3 is 0 Å². The summed E-state index contributed by atoms with van der Waals surface area (Å²) in [7, 11) is -9.98. The van der Waals surface area contributed by atoms with Gasteiger partial charge in [0.2, 0.25) is 0 Å². The Labute approximate surface area is 323 Å². The van der Waals surface area contributed by atoms with Gasteiger partial charge in [-0.15, -0.1) is 0 Å². The molecule has 15 aliphatic rings. The average Bonchev–Trinajstić information content (AvgIpc) is 3.65. The molecule has 270 valence electrons. The van der Waals surface area contributed by atoms with Crippen molar-refractivity contribution in [1.82, 2.24) is 19.1 Å². The van der Waals surface area contributed by atoms with E-state index >= 15 is 0 Å². The molecule has 0 aliphatic carbocycles. The third-order valence-corrected chi connectivity index (χ3v) is 53.6. The van der Waals surface area contributed by atoms with Crippen LogP contribution in [0.5, 0.6) is 0 Å². The zero-order valence-corrected chi connectivity index (χ0v) is 38.4. The van der Waals surface area contributed by atoms with Crippen LogP contribution >= 0.6 is 0 Å². The van der Waals surface area contributed by atoms with Gasteiger partial charge in [-0.1, -0.05) is 147 Å². The third kappa shape index (κ3) is 4.50. The predicted octanol–water partition coefficient (Wildman–Crippen LogP) is 8.21. The fraction of sp³-hybridized carbons (Fsp3) is 0.244. The number of hydrogen-bond acceptors (Lipinski definition) is 2. The Morgan fingerprint density at radius 3 is 1.22 bits per heavy atom. The summed E-state index contributed by atoms with van der Waals surface area (Å²) in [5.41, 5.74) is 8.43. The maximum atomic E-state index is 5.46. The fourth-order valence-electron chi connectivity index (χ4n) is 9.65. The molecule has 23 rings (SSSR count). The molecule has 18 bridgehead atoms. The normalized spacial score (nSPS) is 18.9. The highest BCUT2D eigenvalue weighted by Crippen LogP contribution is 2.36. The molecule has 9 heteroatoms. The molecule has 19 heterocycles. The Morgan fingerprint density at radius 1 is 0.407 bits per heavy atom. The van der Waals surface area contributed by atoms with E-state index in [2.05, 4.69) is 184 Å². The number of hydrogen-bond donors (Lipinski definition) is 0. The predicted molar refractivity (Wildman–Crippen MR) is 246 cm³/mol. The molecule has 0 atom stereocenters. The molecule has 0 saturated heterocycles. The molecule has 4 nitrogen and oxygen atoms in total. The lowest BCUT2D eigenvalue weighted by atomic mass is 10.2. The summed E-state index contributed by atoms with van der Waals surface area (Å²) >= 11 is 0. The average molecular weight is 787 g/mol. The van der Waals surface area contributed by atoms with E-state index < -0.39 is 38.4 Å². The van der Waals surface area contributed by atoms with Gasteiger partial charge in [-0.2, -0.15) is 0 Å². The van der Waals surface area contributed by atoms with Gasteiger partial charge in [-0.25, -0.2) is 9.97 Å². The minimum atomic E-state index is -2.08. The van der Waals surface area contributed by atoms with Gasteiger partial charge in [0.1, 0.15) is 11.3 Å². The number of aromatic nitrogens is 4. The van der Waals surface area contributed by atoms with Crippen molar-refractivity contribution in [3.05, 3.63) is 115 Å². The molecule has 0 radical (unpaired) electrons. The van der Waals surface area contributed by atoms with Crippen molar-refractivity contribution in [2.75, 3.05) is 0 Å². The van der Waals surface area contributed by atoms with E-state index in [4.69, 9.17) is 9.97 Å². The van der Waals surface area contributed by atoms with Crippen LogP contribution in [0.2, 0.25) is 65.5 Å². The highest BCUT2D eigenvalue weighted by molar-refractivity contribution is 7.50. The Hall–Kier alpha value is -4.14. The molecule has 0 saturated carbocycles. The summed E-state index contributed by atoms with van der Waals surface area (Å²) in [6.07, 6.45) is 4.50. The molecule has 4 aromatic heterocycles. The van der Waals surface area contributed by atoms with Crippen LogP contribution in [0.1, 0.15) is 5.56 Å². The van der Waals surface area contributed by atoms with Crippen LogP contribution in [0, 0.1) is 0 Å². The molecule has 15 aliphatic heterocycles. The smallest absolute Gasteiger partial charge is 0.145 e. The second-order valence-corrected chi connectivity index (χ2v) is 54.1. The molecule has 4 aromatic carbocycles.